The Kier molecular flexibility index (Phi) is 7.89. The topological polar surface area (TPSA) is 74.2 Å². The fourth-order valence-corrected chi connectivity index (χ4v) is 6.44. The van der Waals surface area contributed by atoms with Gasteiger partial charge in [0, 0.05) is 34.3 Å². The summed E-state index contributed by atoms with van der Waals surface area (Å²) in [5.74, 6) is -0.325. The van der Waals surface area contributed by atoms with Crippen molar-refractivity contribution in [3.05, 3.63) is 69.9 Å². The van der Waals surface area contributed by atoms with Gasteiger partial charge in [-0.05, 0) is 74.3 Å². The monoisotopic (exact) mass is 535 g/mol. The molecule has 2 aromatic carbocycles. The Hall–Kier alpha value is -3.12. The van der Waals surface area contributed by atoms with E-state index in [4.69, 9.17) is 30.8 Å². The fraction of sp³-hybridized carbons (Fsp3) is 0.452. The van der Waals surface area contributed by atoms with E-state index in [0.717, 1.165) is 42.5 Å². The first kappa shape index (κ1) is 26.5. The lowest BCUT2D eigenvalue weighted by atomic mass is 9.69. The molecule has 1 heterocycles. The molecular weight excluding hydrogens is 502 g/mol. The van der Waals surface area contributed by atoms with Crippen molar-refractivity contribution in [2.24, 2.45) is 10.9 Å². The average molecular weight is 536 g/mol. The number of hydrogen-bond donors (Lipinski definition) is 0. The number of aliphatic imine (C=N–C) groups is 1. The largest absolute Gasteiger partial charge is 0.493 e. The van der Waals surface area contributed by atoms with Crippen LogP contribution in [0.5, 0.6) is 11.5 Å². The predicted octanol–water partition coefficient (Wildman–Crippen LogP) is 6.81. The number of methoxy groups -OCH3 is 2. The van der Waals surface area contributed by atoms with Crippen LogP contribution in [0.2, 0.25) is 5.02 Å². The molecule has 1 saturated carbocycles. The predicted molar refractivity (Wildman–Crippen MR) is 147 cm³/mol. The van der Waals surface area contributed by atoms with E-state index in [1.165, 1.54) is 6.42 Å². The number of nitrogens with zero attached hydrogens (tertiary/aromatic N) is 1. The molecule has 3 aliphatic rings. The van der Waals surface area contributed by atoms with Crippen LogP contribution < -0.4 is 9.47 Å². The van der Waals surface area contributed by atoms with E-state index in [1.807, 2.05) is 49.4 Å². The van der Waals surface area contributed by atoms with Crippen LogP contribution in [0, 0.1) is 5.92 Å². The SMILES string of the molecule is COc1ccc([C@@H]2CC(=O)C3=C(C2)N=C(C)C(C(=O)OC2CCCCC2)[C@H]3c2ccccc2Cl)cc1OC. The van der Waals surface area contributed by atoms with Crippen molar-refractivity contribution in [3.8, 4) is 11.5 Å². The lowest BCUT2D eigenvalue weighted by Crippen LogP contribution is -2.39. The van der Waals surface area contributed by atoms with Crippen LogP contribution in [-0.4, -0.2) is 37.8 Å². The molecule has 0 aromatic heterocycles. The van der Waals surface area contributed by atoms with Crippen molar-refractivity contribution in [2.75, 3.05) is 14.2 Å². The average Bonchev–Trinajstić information content (AvgIpc) is 2.92. The smallest absolute Gasteiger partial charge is 0.315 e. The summed E-state index contributed by atoms with van der Waals surface area (Å²) in [6, 6.07) is 13.2. The molecule has 38 heavy (non-hydrogen) atoms. The summed E-state index contributed by atoms with van der Waals surface area (Å²) in [4.78, 5) is 32.4. The number of halogens is 1. The maximum Gasteiger partial charge on any atom is 0.315 e. The van der Waals surface area contributed by atoms with E-state index < -0.39 is 11.8 Å². The molecule has 0 N–H and O–H groups in total. The summed E-state index contributed by atoms with van der Waals surface area (Å²) >= 11 is 6.68. The fourth-order valence-electron chi connectivity index (χ4n) is 6.19. The third-order valence-electron chi connectivity index (χ3n) is 8.10. The zero-order valence-corrected chi connectivity index (χ0v) is 22.9. The van der Waals surface area contributed by atoms with Gasteiger partial charge >= 0.3 is 5.97 Å². The van der Waals surface area contributed by atoms with Crippen molar-refractivity contribution in [3.63, 3.8) is 0 Å². The second-order valence-electron chi connectivity index (χ2n) is 10.4. The molecule has 0 saturated heterocycles. The second-order valence-corrected chi connectivity index (χ2v) is 10.8. The van der Waals surface area contributed by atoms with E-state index in [9.17, 15) is 9.59 Å². The number of hydrogen-bond acceptors (Lipinski definition) is 6. The Morgan fingerprint density at radius 2 is 1.71 bits per heavy atom. The number of ether oxygens (including phenoxy) is 3. The van der Waals surface area contributed by atoms with Gasteiger partial charge in [0.15, 0.2) is 17.3 Å². The van der Waals surface area contributed by atoms with Gasteiger partial charge in [0.05, 0.1) is 14.2 Å². The molecule has 200 valence electrons. The van der Waals surface area contributed by atoms with Gasteiger partial charge in [0.1, 0.15) is 12.0 Å². The zero-order valence-electron chi connectivity index (χ0n) is 22.2. The summed E-state index contributed by atoms with van der Waals surface area (Å²) < 4.78 is 16.9. The minimum absolute atomic E-state index is 0.0114. The van der Waals surface area contributed by atoms with Crippen LogP contribution >= 0.6 is 11.6 Å². The Morgan fingerprint density at radius 3 is 2.42 bits per heavy atom. The van der Waals surface area contributed by atoms with Crippen molar-refractivity contribution in [1.29, 1.82) is 0 Å². The summed E-state index contributed by atoms with van der Waals surface area (Å²) in [5, 5.41) is 0.532. The van der Waals surface area contributed by atoms with Crippen LogP contribution in [-0.2, 0) is 14.3 Å². The zero-order chi connectivity index (χ0) is 26.8. The normalized spacial score (nSPS) is 23.9. The van der Waals surface area contributed by atoms with E-state index >= 15 is 0 Å². The molecule has 2 aromatic rings. The molecule has 0 radical (unpaired) electrons. The van der Waals surface area contributed by atoms with E-state index in [-0.39, 0.29) is 23.8 Å². The highest BCUT2D eigenvalue weighted by Gasteiger charge is 2.46. The van der Waals surface area contributed by atoms with E-state index in [1.54, 1.807) is 14.2 Å². The van der Waals surface area contributed by atoms with Crippen LogP contribution in [0.4, 0.5) is 0 Å². The molecule has 0 bridgehead atoms. The highest BCUT2D eigenvalue weighted by molar-refractivity contribution is 6.31. The van der Waals surface area contributed by atoms with Gasteiger partial charge in [0.25, 0.3) is 0 Å². The molecular formula is C31H34ClNO5. The second kappa shape index (κ2) is 11.3. The first-order valence-electron chi connectivity index (χ1n) is 13.4. The Morgan fingerprint density at radius 1 is 0.974 bits per heavy atom. The van der Waals surface area contributed by atoms with E-state index in [2.05, 4.69) is 0 Å². The maximum atomic E-state index is 13.9. The highest BCUT2D eigenvalue weighted by Crippen LogP contribution is 2.49. The van der Waals surface area contributed by atoms with Gasteiger partial charge in [-0.1, -0.05) is 42.3 Å². The van der Waals surface area contributed by atoms with Crippen molar-refractivity contribution in [1.82, 2.24) is 0 Å². The number of carbonyl (C=O) groups is 2. The third-order valence-corrected chi connectivity index (χ3v) is 8.44. The number of ketones is 1. The minimum Gasteiger partial charge on any atom is -0.493 e. The summed E-state index contributed by atoms with van der Waals surface area (Å²) in [7, 11) is 3.20. The highest BCUT2D eigenvalue weighted by atomic mass is 35.5. The number of benzene rings is 2. The molecule has 2 aliphatic carbocycles. The number of carbonyl (C=O) groups excluding carboxylic acids is 2. The molecule has 7 heteroatoms. The van der Waals surface area contributed by atoms with E-state index in [0.29, 0.717) is 40.6 Å². The maximum absolute atomic E-state index is 13.9. The van der Waals surface area contributed by atoms with Gasteiger partial charge in [-0.2, -0.15) is 0 Å². The lowest BCUT2D eigenvalue weighted by molar-refractivity contribution is -0.153. The van der Waals surface area contributed by atoms with Crippen LogP contribution in [0.3, 0.4) is 0 Å². The Balaban J connectivity index is 1.52. The van der Waals surface area contributed by atoms with Gasteiger partial charge in [-0.15, -0.1) is 0 Å². The molecule has 3 atom stereocenters. The third kappa shape index (κ3) is 5.11. The minimum atomic E-state index is -0.683. The van der Waals surface area contributed by atoms with Crippen LogP contribution in [0.25, 0.3) is 0 Å². The van der Waals surface area contributed by atoms with Gasteiger partial charge in [-0.25, -0.2) is 0 Å². The van der Waals surface area contributed by atoms with Crippen LogP contribution in [0.1, 0.15) is 74.8 Å². The number of rotatable bonds is 6. The quantitative estimate of drug-likeness (QED) is 0.380. The summed E-state index contributed by atoms with van der Waals surface area (Å²) in [6.07, 6.45) is 5.88. The number of esters is 1. The summed E-state index contributed by atoms with van der Waals surface area (Å²) in [5.41, 5.74) is 3.73. The number of Topliss-reactive ketones (excluding diaryl/α,β-unsaturated/α-hetero) is 1. The van der Waals surface area contributed by atoms with Crippen LogP contribution in [0.15, 0.2) is 58.7 Å². The molecule has 1 fully saturated rings. The lowest BCUT2D eigenvalue weighted by Gasteiger charge is -2.37. The van der Waals surface area contributed by atoms with Gasteiger partial charge < -0.3 is 14.2 Å². The molecule has 1 unspecified atom stereocenters. The first-order chi connectivity index (χ1) is 18.4. The van der Waals surface area contributed by atoms with Gasteiger partial charge in [-0.3, -0.25) is 14.6 Å². The van der Waals surface area contributed by atoms with Crippen molar-refractivity contribution in [2.45, 2.75) is 69.8 Å². The van der Waals surface area contributed by atoms with Crippen molar-refractivity contribution < 1.29 is 23.8 Å². The molecule has 6 nitrogen and oxygen atoms in total. The Labute approximate surface area is 229 Å². The molecule has 5 rings (SSSR count). The van der Waals surface area contributed by atoms with Gasteiger partial charge in [0.2, 0.25) is 0 Å². The summed E-state index contributed by atoms with van der Waals surface area (Å²) in [6.45, 7) is 1.87. The molecule has 0 spiro atoms. The number of allylic oxidation sites excluding steroid dienone is 2. The van der Waals surface area contributed by atoms with Crippen molar-refractivity contribution >= 4 is 29.1 Å². The molecule has 0 amide bonds. The molecule has 1 aliphatic heterocycles. The first-order valence-corrected chi connectivity index (χ1v) is 13.8. The standard InChI is InChI=1S/C31H34ClNO5/c1-18-28(31(35)38-21-9-5-4-6-10-21)29(22-11-7-8-12-23(22)32)30-24(33-18)15-20(16-25(30)34)19-13-14-26(36-2)27(17-19)37-3/h7-8,11-14,17,20-21,28-29H,4-6,9-10,15-16H2,1-3H3/t20-,28?,29+/m0/s1. The Bertz CT molecular complexity index is 1290.